The summed E-state index contributed by atoms with van der Waals surface area (Å²) in [6.45, 7) is 2.71. The highest BCUT2D eigenvalue weighted by atomic mass is 31.2. The molecule has 0 atom stereocenters. The molecule has 0 amide bonds. The molecule has 0 aromatic heterocycles. The molecule has 174 valence electrons. The molecule has 0 aliphatic rings. The Morgan fingerprint density at radius 3 is 1.38 bits per heavy atom. The molecular formula is C24H49O4P. The van der Waals surface area contributed by atoms with Crippen LogP contribution in [0.1, 0.15) is 122 Å². The lowest BCUT2D eigenvalue weighted by molar-refractivity contribution is 0.150. The van der Waals surface area contributed by atoms with E-state index in [1.807, 2.05) is 0 Å². The van der Waals surface area contributed by atoms with Crippen molar-refractivity contribution in [2.45, 2.75) is 122 Å². The third kappa shape index (κ3) is 20.9. The first-order valence-electron chi connectivity index (χ1n) is 12.2. The average Bonchev–Trinajstić information content (AvgIpc) is 2.74. The molecule has 0 heterocycles. The molecule has 0 bridgehead atoms. The molecule has 0 aromatic carbocycles. The summed E-state index contributed by atoms with van der Waals surface area (Å²) in [5.41, 5.74) is 0. The predicted molar refractivity (Wildman–Crippen MR) is 125 cm³/mol. The maximum absolute atomic E-state index is 11.7. The van der Waals surface area contributed by atoms with E-state index in [9.17, 15) is 4.57 Å². The Hall–Kier alpha value is -0.150. The van der Waals surface area contributed by atoms with Crippen LogP contribution < -0.4 is 0 Å². The Bertz CT molecular complexity index is 390. The van der Waals surface area contributed by atoms with Gasteiger partial charge in [-0.2, -0.15) is 0 Å². The number of allylic oxidation sites excluding steroid dienone is 2. The molecule has 0 spiro atoms. The van der Waals surface area contributed by atoms with Crippen molar-refractivity contribution >= 4 is 7.82 Å². The zero-order valence-corrected chi connectivity index (χ0v) is 20.6. The normalized spacial score (nSPS) is 12.2. The molecule has 0 fully saturated rings. The van der Waals surface area contributed by atoms with Crippen LogP contribution in [0.4, 0.5) is 0 Å². The molecule has 0 saturated carbocycles. The molecule has 0 unspecified atom stereocenters. The summed E-state index contributed by atoms with van der Waals surface area (Å²) in [5, 5.41) is 0. The quantitative estimate of drug-likeness (QED) is 0.0917. The van der Waals surface area contributed by atoms with Gasteiger partial charge in [0.25, 0.3) is 0 Å². The highest BCUT2D eigenvalue weighted by Gasteiger charge is 2.21. The number of rotatable bonds is 23. The number of unbranched alkanes of at least 4 members (excludes halogenated alkanes) is 16. The van der Waals surface area contributed by atoms with Gasteiger partial charge in [0, 0.05) is 14.2 Å². The second kappa shape index (κ2) is 22.5. The van der Waals surface area contributed by atoms with Crippen LogP contribution >= 0.6 is 7.82 Å². The fraction of sp³-hybridized carbons (Fsp3) is 0.917. The summed E-state index contributed by atoms with van der Waals surface area (Å²) < 4.78 is 26.3. The number of hydrogen-bond donors (Lipinski definition) is 0. The van der Waals surface area contributed by atoms with Gasteiger partial charge >= 0.3 is 7.82 Å². The van der Waals surface area contributed by atoms with Crippen molar-refractivity contribution in [2.75, 3.05) is 20.8 Å². The first kappa shape index (κ1) is 28.9. The number of phosphoric acid groups is 1. The highest BCUT2D eigenvalue weighted by Crippen LogP contribution is 2.47. The van der Waals surface area contributed by atoms with Gasteiger partial charge < -0.3 is 0 Å². The summed E-state index contributed by atoms with van der Waals surface area (Å²) in [6, 6.07) is 0. The topological polar surface area (TPSA) is 44.8 Å². The van der Waals surface area contributed by atoms with Crippen LogP contribution in [-0.2, 0) is 18.1 Å². The Morgan fingerprint density at radius 2 is 0.966 bits per heavy atom. The lowest BCUT2D eigenvalue weighted by Gasteiger charge is -2.12. The maximum Gasteiger partial charge on any atom is 0.474 e. The van der Waals surface area contributed by atoms with Crippen molar-refractivity contribution in [2.24, 2.45) is 0 Å². The lowest BCUT2D eigenvalue weighted by Crippen LogP contribution is -1.97. The van der Waals surface area contributed by atoms with E-state index in [1.54, 1.807) is 0 Å². The van der Waals surface area contributed by atoms with E-state index in [0.717, 1.165) is 12.8 Å². The van der Waals surface area contributed by atoms with Gasteiger partial charge in [-0.1, -0.05) is 103 Å². The highest BCUT2D eigenvalue weighted by molar-refractivity contribution is 7.48. The zero-order valence-electron chi connectivity index (χ0n) is 19.7. The van der Waals surface area contributed by atoms with E-state index < -0.39 is 7.82 Å². The van der Waals surface area contributed by atoms with Crippen LogP contribution in [0.15, 0.2) is 12.2 Å². The SMILES string of the molecule is CCCCCCCCC=CCCCCCCCCCCCCOP(=O)(OC)OC. The van der Waals surface area contributed by atoms with Crippen LogP contribution in [0.2, 0.25) is 0 Å². The van der Waals surface area contributed by atoms with Crippen LogP contribution in [0, 0.1) is 0 Å². The molecule has 0 aliphatic carbocycles. The summed E-state index contributed by atoms with van der Waals surface area (Å²) >= 11 is 0. The second-order valence-electron chi connectivity index (χ2n) is 8.00. The van der Waals surface area contributed by atoms with Gasteiger partial charge in [-0.25, -0.2) is 4.57 Å². The third-order valence-electron chi connectivity index (χ3n) is 5.35. The van der Waals surface area contributed by atoms with Gasteiger partial charge in [0.1, 0.15) is 0 Å². The van der Waals surface area contributed by atoms with E-state index in [4.69, 9.17) is 13.6 Å². The van der Waals surface area contributed by atoms with E-state index in [1.165, 1.54) is 117 Å². The Morgan fingerprint density at radius 1 is 0.586 bits per heavy atom. The van der Waals surface area contributed by atoms with Crippen molar-refractivity contribution in [3.8, 4) is 0 Å². The molecule has 0 saturated heterocycles. The lowest BCUT2D eigenvalue weighted by atomic mass is 10.1. The van der Waals surface area contributed by atoms with Crippen LogP contribution in [0.5, 0.6) is 0 Å². The van der Waals surface area contributed by atoms with Gasteiger partial charge in [0.15, 0.2) is 0 Å². The predicted octanol–water partition coefficient (Wildman–Crippen LogP) is 9.00. The molecule has 0 aliphatic heterocycles. The molecule has 5 heteroatoms. The second-order valence-corrected chi connectivity index (χ2v) is 9.88. The van der Waals surface area contributed by atoms with Gasteiger partial charge in [-0.15, -0.1) is 0 Å². The molecule has 0 aromatic rings. The standard InChI is InChI=1S/C24H49O4P/c1-4-5-6-7-8-9-10-11-12-13-14-15-16-17-18-19-20-21-22-23-24-28-29(25,26-2)27-3/h11-12H,4-10,13-24H2,1-3H3. The van der Waals surface area contributed by atoms with E-state index in [0.29, 0.717) is 6.61 Å². The van der Waals surface area contributed by atoms with E-state index >= 15 is 0 Å². The first-order chi connectivity index (χ1) is 14.2. The Kier molecular flexibility index (Phi) is 22.4. The first-order valence-corrected chi connectivity index (χ1v) is 13.7. The summed E-state index contributed by atoms with van der Waals surface area (Å²) in [5.74, 6) is 0. The summed E-state index contributed by atoms with van der Waals surface area (Å²) in [4.78, 5) is 0. The smallest absolute Gasteiger partial charge is 0.290 e. The molecule has 29 heavy (non-hydrogen) atoms. The summed E-state index contributed by atoms with van der Waals surface area (Å²) in [7, 11) is -0.589. The molecular weight excluding hydrogens is 383 g/mol. The van der Waals surface area contributed by atoms with Crippen LogP contribution in [-0.4, -0.2) is 20.8 Å². The molecule has 0 radical (unpaired) electrons. The molecule has 0 N–H and O–H groups in total. The van der Waals surface area contributed by atoms with Crippen LogP contribution in [0.25, 0.3) is 0 Å². The van der Waals surface area contributed by atoms with Crippen molar-refractivity contribution < 1.29 is 18.1 Å². The molecule has 0 rings (SSSR count). The van der Waals surface area contributed by atoms with Crippen LogP contribution in [0.3, 0.4) is 0 Å². The minimum atomic E-state index is -3.28. The average molecular weight is 433 g/mol. The minimum Gasteiger partial charge on any atom is -0.290 e. The number of hydrogen-bond acceptors (Lipinski definition) is 4. The maximum atomic E-state index is 11.7. The fourth-order valence-electron chi connectivity index (χ4n) is 3.41. The van der Waals surface area contributed by atoms with Gasteiger partial charge in [-0.3, -0.25) is 13.6 Å². The van der Waals surface area contributed by atoms with E-state index in [2.05, 4.69) is 19.1 Å². The van der Waals surface area contributed by atoms with Crippen molar-refractivity contribution in [1.29, 1.82) is 0 Å². The Balaban J connectivity index is 3.18. The monoisotopic (exact) mass is 432 g/mol. The van der Waals surface area contributed by atoms with Crippen molar-refractivity contribution in [3.05, 3.63) is 12.2 Å². The molecule has 4 nitrogen and oxygen atoms in total. The van der Waals surface area contributed by atoms with Gasteiger partial charge in [-0.05, 0) is 32.1 Å². The van der Waals surface area contributed by atoms with Crippen molar-refractivity contribution in [3.63, 3.8) is 0 Å². The minimum absolute atomic E-state index is 0.437. The Labute approximate surface area is 181 Å². The van der Waals surface area contributed by atoms with Gasteiger partial charge in [0.2, 0.25) is 0 Å². The number of phosphoric ester groups is 1. The van der Waals surface area contributed by atoms with E-state index in [-0.39, 0.29) is 0 Å². The largest absolute Gasteiger partial charge is 0.474 e. The summed E-state index contributed by atoms with van der Waals surface area (Å²) in [6.07, 6.45) is 28.4. The van der Waals surface area contributed by atoms with Gasteiger partial charge in [0.05, 0.1) is 6.61 Å². The third-order valence-corrected chi connectivity index (χ3v) is 6.75. The fourth-order valence-corrected chi connectivity index (χ4v) is 4.13. The van der Waals surface area contributed by atoms with Crippen molar-refractivity contribution in [1.82, 2.24) is 0 Å². The zero-order chi connectivity index (χ0) is 21.5.